The summed E-state index contributed by atoms with van der Waals surface area (Å²) in [6.45, 7) is 3.55. The Labute approximate surface area is 64.9 Å². The highest BCUT2D eigenvalue weighted by Gasteiger charge is 2.17. The number of ether oxygens (including phenoxy) is 1. The Morgan fingerprint density at radius 1 is 1.82 bits per heavy atom. The Morgan fingerprint density at radius 3 is 3.36 bits per heavy atom. The van der Waals surface area contributed by atoms with Crippen LogP contribution in [0.2, 0.25) is 0 Å². The van der Waals surface area contributed by atoms with E-state index in [1.165, 1.54) is 0 Å². The minimum atomic E-state index is 0.133. The van der Waals surface area contributed by atoms with Crippen molar-refractivity contribution >= 4 is 5.82 Å². The van der Waals surface area contributed by atoms with Gasteiger partial charge in [-0.05, 0) is 6.92 Å². The molecule has 4 heteroatoms. The molecule has 0 unspecified atom stereocenters. The van der Waals surface area contributed by atoms with Crippen molar-refractivity contribution in [3.05, 3.63) is 11.8 Å². The van der Waals surface area contributed by atoms with Crippen LogP contribution in [0.5, 0.6) is 0 Å². The quantitative estimate of drug-likeness (QED) is 0.592. The third kappa shape index (κ3) is 0.991. The van der Waals surface area contributed by atoms with Crippen LogP contribution < -0.4 is 5.73 Å². The first kappa shape index (κ1) is 6.67. The molecule has 0 aromatic carbocycles. The molecule has 1 aromatic heterocycles. The maximum Gasteiger partial charge on any atom is 0.145 e. The first-order chi connectivity index (χ1) is 5.27. The second kappa shape index (κ2) is 2.23. The van der Waals surface area contributed by atoms with Crippen molar-refractivity contribution in [2.45, 2.75) is 19.6 Å². The second-order valence-electron chi connectivity index (χ2n) is 2.73. The summed E-state index contributed by atoms with van der Waals surface area (Å²) < 4.78 is 7.31. The van der Waals surface area contributed by atoms with E-state index < -0.39 is 0 Å². The predicted octanol–water partition coefficient (Wildman–Crippen LogP) is 0.556. The number of hydrogen-bond donors (Lipinski definition) is 1. The van der Waals surface area contributed by atoms with Crippen LogP contribution >= 0.6 is 0 Å². The number of nitrogen functional groups attached to an aromatic ring is 1. The number of fused-ring (bicyclic) bond motifs is 1. The molecule has 1 aliphatic rings. The summed E-state index contributed by atoms with van der Waals surface area (Å²) in [4.78, 5) is 0. The van der Waals surface area contributed by atoms with E-state index in [-0.39, 0.29) is 6.10 Å². The monoisotopic (exact) mass is 153 g/mol. The minimum Gasteiger partial charge on any atom is -0.382 e. The Balaban J connectivity index is 2.43. The first-order valence-corrected chi connectivity index (χ1v) is 3.72. The van der Waals surface area contributed by atoms with Gasteiger partial charge in [0.15, 0.2) is 0 Å². The summed E-state index contributed by atoms with van der Waals surface area (Å²) in [6.07, 6.45) is 0.133. The summed E-state index contributed by atoms with van der Waals surface area (Å²) in [7, 11) is 0. The molecule has 60 valence electrons. The second-order valence-corrected chi connectivity index (χ2v) is 2.73. The highest BCUT2D eigenvalue weighted by atomic mass is 16.5. The third-order valence-corrected chi connectivity index (χ3v) is 1.92. The molecule has 0 spiro atoms. The molecule has 2 rings (SSSR count). The molecule has 0 bridgehead atoms. The number of nitrogens with two attached hydrogens (primary N) is 1. The lowest BCUT2D eigenvalue weighted by molar-refractivity contribution is 0.0289. The van der Waals surface area contributed by atoms with Crippen molar-refractivity contribution in [2.24, 2.45) is 0 Å². The normalized spacial score (nSPS) is 23.2. The van der Waals surface area contributed by atoms with E-state index in [2.05, 4.69) is 5.10 Å². The number of nitrogens with zero attached hydrogens (tertiary/aromatic N) is 2. The Kier molecular flexibility index (Phi) is 1.35. The molecule has 0 aliphatic carbocycles. The minimum absolute atomic E-state index is 0.133. The predicted molar refractivity (Wildman–Crippen MR) is 41.0 cm³/mol. The van der Waals surface area contributed by atoms with Gasteiger partial charge in [-0.2, -0.15) is 5.10 Å². The summed E-state index contributed by atoms with van der Waals surface area (Å²) in [5, 5.41) is 4.12. The van der Waals surface area contributed by atoms with E-state index in [9.17, 15) is 0 Å². The van der Waals surface area contributed by atoms with Gasteiger partial charge in [0.25, 0.3) is 0 Å². The van der Waals surface area contributed by atoms with Gasteiger partial charge in [0.2, 0.25) is 0 Å². The number of rotatable bonds is 0. The van der Waals surface area contributed by atoms with Crippen LogP contribution in [0.4, 0.5) is 5.82 Å². The molecule has 1 aliphatic heterocycles. The summed E-state index contributed by atoms with van der Waals surface area (Å²) >= 11 is 0. The maximum atomic E-state index is 5.53. The van der Waals surface area contributed by atoms with Crippen molar-refractivity contribution < 1.29 is 4.74 Å². The van der Waals surface area contributed by atoms with Gasteiger partial charge in [0, 0.05) is 6.07 Å². The van der Waals surface area contributed by atoms with Gasteiger partial charge in [0.1, 0.15) is 5.82 Å². The van der Waals surface area contributed by atoms with Crippen LogP contribution in [0.15, 0.2) is 6.07 Å². The molecule has 0 radical (unpaired) electrons. The van der Waals surface area contributed by atoms with Gasteiger partial charge in [-0.1, -0.05) is 0 Å². The molecule has 11 heavy (non-hydrogen) atoms. The van der Waals surface area contributed by atoms with E-state index in [1.54, 1.807) is 0 Å². The fraction of sp³-hybridized carbons (Fsp3) is 0.571. The van der Waals surface area contributed by atoms with E-state index in [1.807, 2.05) is 17.7 Å². The average Bonchev–Trinajstić information content (AvgIpc) is 2.31. The molecule has 2 heterocycles. The van der Waals surface area contributed by atoms with Crippen LogP contribution in [0.25, 0.3) is 0 Å². The van der Waals surface area contributed by atoms with Crippen molar-refractivity contribution in [1.82, 2.24) is 9.78 Å². The van der Waals surface area contributed by atoms with Gasteiger partial charge in [-0.3, -0.25) is 4.68 Å². The SMILES string of the molecule is C[C@H]1OCCn2nc(N)cc21. The van der Waals surface area contributed by atoms with E-state index in [4.69, 9.17) is 10.5 Å². The number of anilines is 1. The first-order valence-electron chi connectivity index (χ1n) is 3.72. The molecule has 0 fully saturated rings. The molecule has 0 amide bonds. The fourth-order valence-electron chi connectivity index (χ4n) is 1.36. The highest BCUT2D eigenvalue weighted by molar-refractivity contribution is 5.30. The van der Waals surface area contributed by atoms with Gasteiger partial charge < -0.3 is 10.5 Å². The zero-order valence-corrected chi connectivity index (χ0v) is 6.45. The lowest BCUT2D eigenvalue weighted by Crippen LogP contribution is -2.20. The zero-order chi connectivity index (χ0) is 7.84. The molecule has 1 aromatic rings. The van der Waals surface area contributed by atoms with Crippen LogP contribution in [-0.4, -0.2) is 16.4 Å². The fourth-order valence-corrected chi connectivity index (χ4v) is 1.36. The maximum absolute atomic E-state index is 5.53. The molecule has 0 saturated carbocycles. The van der Waals surface area contributed by atoms with Crippen molar-refractivity contribution in [2.75, 3.05) is 12.3 Å². The average molecular weight is 153 g/mol. The molecule has 1 atom stereocenters. The molecular formula is C7H11N3O. The van der Waals surface area contributed by atoms with Gasteiger partial charge in [-0.15, -0.1) is 0 Å². The Bertz CT molecular complexity index is 269. The molecule has 2 N–H and O–H groups in total. The smallest absolute Gasteiger partial charge is 0.145 e. The largest absolute Gasteiger partial charge is 0.382 e. The highest BCUT2D eigenvalue weighted by Crippen LogP contribution is 2.22. The van der Waals surface area contributed by atoms with Gasteiger partial charge in [-0.25, -0.2) is 0 Å². The lowest BCUT2D eigenvalue weighted by Gasteiger charge is -2.20. The molecule has 0 saturated heterocycles. The third-order valence-electron chi connectivity index (χ3n) is 1.92. The van der Waals surface area contributed by atoms with Gasteiger partial charge >= 0.3 is 0 Å². The van der Waals surface area contributed by atoms with Crippen molar-refractivity contribution in [3.63, 3.8) is 0 Å². The summed E-state index contributed by atoms with van der Waals surface area (Å²) in [5.41, 5.74) is 6.61. The standard InChI is InChI=1S/C7H11N3O/c1-5-6-4-7(8)9-10(6)2-3-11-5/h4-5H,2-3H2,1H3,(H2,8,9)/t5-/m1/s1. The van der Waals surface area contributed by atoms with Gasteiger partial charge in [0.05, 0.1) is 24.9 Å². The summed E-state index contributed by atoms with van der Waals surface area (Å²) in [5.74, 6) is 0.581. The Morgan fingerprint density at radius 2 is 2.64 bits per heavy atom. The lowest BCUT2D eigenvalue weighted by atomic mass is 10.2. The molecule has 4 nitrogen and oxygen atoms in total. The van der Waals surface area contributed by atoms with Crippen LogP contribution in [0, 0.1) is 0 Å². The summed E-state index contributed by atoms with van der Waals surface area (Å²) in [6, 6.07) is 1.86. The van der Waals surface area contributed by atoms with Crippen LogP contribution in [0.3, 0.4) is 0 Å². The van der Waals surface area contributed by atoms with Crippen molar-refractivity contribution in [1.29, 1.82) is 0 Å². The van der Waals surface area contributed by atoms with E-state index >= 15 is 0 Å². The number of hydrogen-bond acceptors (Lipinski definition) is 3. The van der Waals surface area contributed by atoms with Crippen LogP contribution in [-0.2, 0) is 11.3 Å². The zero-order valence-electron chi connectivity index (χ0n) is 6.45. The van der Waals surface area contributed by atoms with Crippen molar-refractivity contribution in [3.8, 4) is 0 Å². The van der Waals surface area contributed by atoms with E-state index in [0.717, 1.165) is 18.8 Å². The van der Waals surface area contributed by atoms with E-state index in [0.29, 0.717) is 5.82 Å². The van der Waals surface area contributed by atoms with Crippen LogP contribution in [0.1, 0.15) is 18.7 Å². The molecular weight excluding hydrogens is 142 g/mol. The number of aromatic nitrogens is 2. The topological polar surface area (TPSA) is 53.1 Å². The Hall–Kier alpha value is -1.03.